The van der Waals surface area contributed by atoms with E-state index in [4.69, 9.17) is 23.2 Å². The van der Waals surface area contributed by atoms with Crippen molar-refractivity contribution in [2.75, 3.05) is 13.1 Å². The Balaban J connectivity index is 2.03. The lowest BCUT2D eigenvalue weighted by molar-refractivity contribution is 0.298. The van der Waals surface area contributed by atoms with Gasteiger partial charge in [0.2, 0.25) is 0 Å². The van der Waals surface area contributed by atoms with Crippen LogP contribution < -0.4 is 5.32 Å². The third-order valence-corrected chi connectivity index (χ3v) is 5.24. The normalized spacial score (nSPS) is 23.0. The molecule has 0 radical (unpaired) electrons. The monoisotopic (exact) mass is 327 g/mol. The molecule has 2 rings (SSSR count). The summed E-state index contributed by atoms with van der Waals surface area (Å²) in [7, 11) is 0. The van der Waals surface area contributed by atoms with Crippen molar-refractivity contribution >= 4 is 23.2 Å². The summed E-state index contributed by atoms with van der Waals surface area (Å²) in [5, 5.41) is 5.28. The van der Waals surface area contributed by atoms with Gasteiger partial charge in [-0.3, -0.25) is 0 Å². The maximum atomic E-state index is 6.36. The van der Waals surface area contributed by atoms with Crippen LogP contribution in [0.3, 0.4) is 0 Å². The number of hydrogen-bond acceptors (Lipinski definition) is 1. The maximum absolute atomic E-state index is 6.36. The van der Waals surface area contributed by atoms with Crippen LogP contribution in [0.1, 0.15) is 51.0 Å². The minimum Gasteiger partial charge on any atom is -0.316 e. The highest BCUT2D eigenvalue weighted by Crippen LogP contribution is 2.33. The standard InChI is InChI=1S/C18H27Cl2N/c1-2-10-21-13-15-7-5-3-4-6-14(15)11-16-12-17(19)8-9-18(16)20/h8-9,12,14-15,21H,2-7,10-11,13H2,1H3. The second kappa shape index (κ2) is 9.02. The van der Waals surface area contributed by atoms with Gasteiger partial charge < -0.3 is 5.32 Å². The van der Waals surface area contributed by atoms with Gasteiger partial charge in [-0.15, -0.1) is 0 Å². The zero-order valence-corrected chi connectivity index (χ0v) is 14.5. The number of halogens is 2. The molecular formula is C18H27Cl2N. The highest BCUT2D eigenvalue weighted by atomic mass is 35.5. The SMILES string of the molecule is CCCNCC1CCCCCC1Cc1cc(Cl)ccc1Cl. The topological polar surface area (TPSA) is 12.0 Å². The van der Waals surface area contributed by atoms with Gasteiger partial charge in [-0.1, -0.05) is 49.4 Å². The van der Waals surface area contributed by atoms with Gasteiger partial charge in [0.25, 0.3) is 0 Å². The highest BCUT2D eigenvalue weighted by Gasteiger charge is 2.24. The second-order valence-electron chi connectivity index (χ2n) is 6.30. The third-order valence-electron chi connectivity index (χ3n) is 4.64. The molecule has 0 amide bonds. The van der Waals surface area contributed by atoms with Gasteiger partial charge in [-0.05, 0) is 74.4 Å². The van der Waals surface area contributed by atoms with Crippen molar-refractivity contribution in [1.82, 2.24) is 5.32 Å². The Kier molecular flexibility index (Phi) is 7.36. The molecule has 3 heteroatoms. The van der Waals surface area contributed by atoms with Crippen LogP contribution >= 0.6 is 23.2 Å². The van der Waals surface area contributed by atoms with E-state index in [1.165, 1.54) is 44.1 Å². The van der Waals surface area contributed by atoms with E-state index in [0.29, 0.717) is 0 Å². The molecule has 1 aromatic rings. The van der Waals surface area contributed by atoms with E-state index in [1.807, 2.05) is 18.2 Å². The Morgan fingerprint density at radius 2 is 1.86 bits per heavy atom. The Bertz CT molecular complexity index is 433. The Morgan fingerprint density at radius 1 is 1.10 bits per heavy atom. The predicted molar refractivity (Wildman–Crippen MR) is 93.4 cm³/mol. The first-order chi connectivity index (χ1) is 10.2. The number of benzene rings is 1. The lowest BCUT2D eigenvalue weighted by Gasteiger charge is -2.26. The minimum absolute atomic E-state index is 0.729. The zero-order valence-electron chi connectivity index (χ0n) is 13.0. The predicted octanol–water partition coefficient (Wildman–Crippen LogP) is 5.73. The summed E-state index contributed by atoms with van der Waals surface area (Å²) in [5.41, 5.74) is 1.22. The molecule has 0 heterocycles. The molecule has 0 saturated heterocycles. The third kappa shape index (κ3) is 5.47. The smallest absolute Gasteiger partial charge is 0.0439 e. The first-order valence-corrected chi connectivity index (χ1v) is 9.11. The van der Waals surface area contributed by atoms with E-state index in [1.54, 1.807) is 0 Å². The van der Waals surface area contributed by atoms with Crippen LogP contribution in [-0.2, 0) is 6.42 Å². The average molecular weight is 328 g/mol. The lowest BCUT2D eigenvalue weighted by atomic mass is 9.83. The lowest BCUT2D eigenvalue weighted by Crippen LogP contribution is -2.29. The second-order valence-corrected chi connectivity index (χ2v) is 7.15. The summed E-state index contributed by atoms with van der Waals surface area (Å²) in [4.78, 5) is 0. The number of hydrogen-bond donors (Lipinski definition) is 1. The maximum Gasteiger partial charge on any atom is 0.0439 e. The zero-order chi connectivity index (χ0) is 15.1. The molecule has 1 aromatic carbocycles. The van der Waals surface area contributed by atoms with E-state index in [2.05, 4.69) is 12.2 Å². The molecule has 118 valence electrons. The fourth-order valence-corrected chi connectivity index (χ4v) is 3.83. The molecule has 1 fully saturated rings. The highest BCUT2D eigenvalue weighted by molar-refractivity contribution is 6.33. The molecular weight excluding hydrogens is 301 g/mol. The fraction of sp³-hybridized carbons (Fsp3) is 0.667. The fourth-order valence-electron chi connectivity index (χ4n) is 3.45. The van der Waals surface area contributed by atoms with E-state index in [9.17, 15) is 0 Å². The van der Waals surface area contributed by atoms with E-state index in [-0.39, 0.29) is 0 Å². The first-order valence-electron chi connectivity index (χ1n) is 8.35. The van der Waals surface area contributed by atoms with Gasteiger partial charge in [-0.25, -0.2) is 0 Å². The van der Waals surface area contributed by atoms with Crippen LogP contribution in [0, 0.1) is 11.8 Å². The van der Waals surface area contributed by atoms with Crippen LogP contribution in [-0.4, -0.2) is 13.1 Å². The molecule has 1 aliphatic carbocycles. The minimum atomic E-state index is 0.729. The van der Waals surface area contributed by atoms with Crippen molar-refractivity contribution in [3.8, 4) is 0 Å². The van der Waals surface area contributed by atoms with Crippen molar-refractivity contribution in [2.45, 2.75) is 51.9 Å². The molecule has 1 saturated carbocycles. The van der Waals surface area contributed by atoms with Crippen molar-refractivity contribution in [3.05, 3.63) is 33.8 Å². The molecule has 0 aromatic heterocycles. The number of nitrogens with one attached hydrogen (secondary N) is 1. The average Bonchev–Trinajstić information content (AvgIpc) is 2.69. The van der Waals surface area contributed by atoms with Gasteiger partial charge in [0, 0.05) is 10.0 Å². The van der Waals surface area contributed by atoms with Gasteiger partial charge in [0.1, 0.15) is 0 Å². The molecule has 1 N–H and O–H groups in total. The number of rotatable bonds is 6. The Labute approximate surface area is 139 Å². The summed E-state index contributed by atoms with van der Waals surface area (Å²) in [6, 6.07) is 5.85. The molecule has 2 atom stereocenters. The largest absolute Gasteiger partial charge is 0.316 e. The molecule has 1 aliphatic rings. The van der Waals surface area contributed by atoms with E-state index >= 15 is 0 Å². The van der Waals surface area contributed by atoms with Crippen molar-refractivity contribution < 1.29 is 0 Å². The van der Waals surface area contributed by atoms with Gasteiger partial charge >= 0.3 is 0 Å². The molecule has 2 unspecified atom stereocenters. The summed E-state index contributed by atoms with van der Waals surface area (Å²) in [5.74, 6) is 1.50. The van der Waals surface area contributed by atoms with Crippen LogP contribution in [0.2, 0.25) is 10.0 Å². The Morgan fingerprint density at radius 3 is 2.62 bits per heavy atom. The first kappa shape index (κ1) is 17.1. The van der Waals surface area contributed by atoms with E-state index in [0.717, 1.165) is 41.4 Å². The van der Waals surface area contributed by atoms with Gasteiger partial charge in [0.05, 0.1) is 0 Å². The van der Waals surface area contributed by atoms with Crippen LogP contribution in [0.4, 0.5) is 0 Å². The molecule has 0 aliphatic heterocycles. The van der Waals surface area contributed by atoms with Crippen molar-refractivity contribution in [3.63, 3.8) is 0 Å². The van der Waals surface area contributed by atoms with Crippen LogP contribution in [0.25, 0.3) is 0 Å². The van der Waals surface area contributed by atoms with Crippen LogP contribution in [0.5, 0.6) is 0 Å². The molecule has 0 spiro atoms. The van der Waals surface area contributed by atoms with Crippen LogP contribution in [0.15, 0.2) is 18.2 Å². The quantitative estimate of drug-likeness (QED) is 0.519. The Hall–Kier alpha value is -0.240. The van der Waals surface area contributed by atoms with Gasteiger partial charge in [-0.2, -0.15) is 0 Å². The summed E-state index contributed by atoms with van der Waals surface area (Å²) in [6.45, 7) is 4.50. The summed E-state index contributed by atoms with van der Waals surface area (Å²) < 4.78 is 0. The summed E-state index contributed by atoms with van der Waals surface area (Å²) >= 11 is 12.5. The van der Waals surface area contributed by atoms with Crippen molar-refractivity contribution in [1.29, 1.82) is 0 Å². The van der Waals surface area contributed by atoms with E-state index < -0.39 is 0 Å². The van der Waals surface area contributed by atoms with Gasteiger partial charge in [0.15, 0.2) is 0 Å². The summed E-state index contributed by atoms with van der Waals surface area (Å²) in [6.07, 6.45) is 9.05. The molecule has 1 nitrogen and oxygen atoms in total. The van der Waals surface area contributed by atoms with Crippen molar-refractivity contribution in [2.24, 2.45) is 11.8 Å². The molecule has 0 bridgehead atoms. The molecule has 21 heavy (non-hydrogen) atoms.